The lowest BCUT2D eigenvalue weighted by atomic mass is 10.3. The lowest BCUT2D eigenvalue weighted by Gasteiger charge is -2.04. The SMILES string of the molecule is C=C/C=c1\c(=C/N)nc(C)n1-c1ccccc1. The average Bonchev–Trinajstić information content (AvgIpc) is 2.67. The normalized spacial score (nSPS) is 13.0. The van der Waals surface area contributed by atoms with Gasteiger partial charge in [0.25, 0.3) is 0 Å². The molecule has 0 spiro atoms. The first-order valence-corrected chi connectivity index (χ1v) is 5.43. The van der Waals surface area contributed by atoms with Gasteiger partial charge in [-0.1, -0.05) is 30.9 Å². The predicted octanol–water partition coefficient (Wildman–Crippen LogP) is 0.844. The quantitative estimate of drug-likeness (QED) is 0.823. The summed E-state index contributed by atoms with van der Waals surface area (Å²) in [6, 6.07) is 10.1. The molecule has 0 aliphatic carbocycles. The third-order valence-corrected chi connectivity index (χ3v) is 2.56. The number of benzene rings is 1. The summed E-state index contributed by atoms with van der Waals surface area (Å²) in [6.07, 6.45) is 5.16. The van der Waals surface area contributed by atoms with Crippen LogP contribution in [0.4, 0.5) is 0 Å². The van der Waals surface area contributed by atoms with E-state index in [1.54, 1.807) is 6.08 Å². The molecule has 0 saturated carbocycles. The molecule has 0 amide bonds. The number of hydrogen-bond donors (Lipinski definition) is 1. The Morgan fingerprint density at radius 1 is 1.29 bits per heavy atom. The molecule has 0 aliphatic heterocycles. The zero-order chi connectivity index (χ0) is 12.3. The van der Waals surface area contributed by atoms with Gasteiger partial charge in [-0.05, 0) is 25.1 Å². The summed E-state index contributed by atoms with van der Waals surface area (Å²) in [7, 11) is 0. The Kier molecular flexibility index (Phi) is 3.10. The van der Waals surface area contributed by atoms with Crippen LogP contribution < -0.4 is 16.4 Å². The van der Waals surface area contributed by atoms with E-state index in [1.165, 1.54) is 6.20 Å². The Bertz CT molecular complexity index is 636. The van der Waals surface area contributed by atoms with E-state index in [2.05, 4.69) is 16.1 Å². The number of nitrogens with two attached hydrogens (primary N) is 1. The fourth-order valence-electron chi connectivity index (χ4n) is 1.87. The van der Waals surface area contributed by atoms with Crippen LogP contribution in [-0.2, 0) is 0 Å². The van der Waals surface area contributed by atoms with Gasteiger partial charge in [0.05, 0.1) is 5.35 Å². The number of imidazole rings is 1. The van der Waals surface area contributed by atoms with Crippen molar-refractivity contribution in [1.29, 1.82) is 0 Å². The van der Waals surface area contributed by atoms with Gasteiger partial charge in [-0.15, -0.1) is 0 Å². The molecule has 0 unspecified atom stereocenters. The molecular weight excluding hydrogens is 210 g/mol. The van der Waals surface area contributed by atoms with Crippen molar-refractivity contribution < 1.29 is 0 Å². The smallest absolute Gasteiger partial charge is 0.111 e. The fourth-order valence-corrected chi connectivity index (χ4v) is 1.87. The molecule has 17 heavy (non-hydrogen) atoms. The highest BCUT2D eigenvalue weighted by molar-refractivity contribution is 5.40. The summed E-state index contributed by atoms with van der Waals surface area (Å²) >= 11 is 0. The van der Waals surface area contributed by atoms with Crippen LogP contribution in [0, 0.1) is 6.92 Å². The first-order valence-electron chi connectivity index (χ1n) is 5.43. The zero-order valence-electron chi connectivity index (χ0n) is 9.80. The van der Waals surface area contributed by atoms with Crippen molar-refractivity contribution in [1.82, 2.24) is 9.55 Å². The molecule has 0 saturated heterocycles. The Labute approximate surface area is 100 Å². The molecule has 2 rings (SSSR count). The summed E-state index contributed by atoms with van der Waals surface area (Å²) < 4.78 is 2.06. The fraction of sp³-hybridized carbons (Fsp3) is 0.0714. The maximum Gasteiger partial charge on any atom is 0.111 e. The summed E-state index contributed by atoms with van der Waals surface area (Å²) in [6.45, 7) is 5.68. The van der Waals surface area contributed by atoms with E-state index in [-0.39, 0.29) is 0 Å². The van der Waals surface area contributed by atoms with Crippen molar-refractivity contribution in [3.8, 4) is 5.69 Å². The molecule has 86 valence electrons. The second-order valence-corrected chi connectivity index (χ2v) is 3.67. The minimum Gasteiger partial charge on any atom is -0.403 e. The third-order valence-electron chi connectivity index (χ3n) is 2.56. The number of para-hydroxylation sites is 1. The van der Waals surface area contributed by atoms with E-state index in [0.29, 0.717) is 0 Å². The number of rotatable bonds is 2. The predicted molar refractivity (Wildman–Crippen MR) is 70.9 cm³/mol. The second-order valence-electron chi connectivity index (χ2n) is 3.67. The Morgan fingerprint density at radius 3 is 2.59 bits per heavy atom. The van der Waals surface area contributed by atoms with Gasteiger partial charge in [0.15, 0.2) is 0 Å². The van der Waals surface area contributed by atoms with Gasteiger partial charge >= 0.3 is 0 Å². The summed E-state index contributed by atoms with van der Waals surface area (Å²) in [4.78, 5) is 4.43. The Morgan fingerprint density at radius 2 is 2.00 bits per heavy atom. The first-order chi connectivity index (χ1) is 8.27. The second kappa shape index (κ2) is 4.70. The molecular formula is C14H15N3. The molecule has 0 fully saturated rings. The minimum absolute atomic E-state index is 0.770. The number of aromatic nitrogens is 2. The van der Waals surface area contributed by atoms with Gasteiger partial charge in [-0.3, -0.25) is 4.57 Å². The number of nitrogens with zero attached hydrogens (tertiary/aromatic N) is 2. The molecule has 1 heterocycles. The molecule has 0 aliphatic rings. The molecule has 0 bridgehead atoms. The molecule has 3 nitrogen and oxygen atoms in total. The van der Waals surface area contributed by atoms with Crippen LogP contribution in [0.1, 0.15) is 5.82 Å². The summed E-state index contributed by atoms with van der Waals surface area (Å²) in [5.41, 5.74) is 6.65. The van der Waals surface area contributed by atoms with Gasteiger partial charge in [0, 0.05) is 11.9 Å². The van der Waals surface area contributed by atoms with Crippen LogP contribution in [0.25, 0.3) is 18.0 Å². The minimum atomic E-state index is 0.770. The Hall–Kier alpha value is -2.29. The van der Waals surface area contributed by atoms with E-state index in [0.717, 1.165) is 22.2 Å². The number of allylic oxidation sites excluding steroid dienone is 1. The number of hydrogen-bond acceptors (Lipinski definition) is 2. The largest absolute Gasteiger partial charge is 0.403 e. The van der Waals surface area contributed by atoms with Crippen LogP contribution in [0.15, 0.2) is 43.0 Å². The van der Waals surface area contributed by atoms with Gasteiger partial charge in [0.1, 0.15) is 11.2 Å². The monoisotopic (exact) mass is 225 g/mol. The van der Waals surface area contributed by atoms with Gasteiger partial charge in [-0.25, -0.2) is 4.98 Å². The highest BCUT2D eigenvalue weighted by atomic mass is 15.1. The third kappa shape index (κ3) is 1.99. The molecule has 3 heteroatoms. The standard InChI is InChI=1S/C14H15N3/c1-3-7-14-13(10-15)16-11(2)17(14)12-8-5-4-6-9-12/h3-10H,1,15H2,2H3/b13-10+,14-7+. The van der Waals surface area contributed by atoms with Crippen LogP contribution in [0.3, 0.4) is 0 Å². The molecule has 1 aromatic carbocycles. The van der Waals surface area contributed by atoms with Gasteiger partial charge in [0.2, 0.25) is 0 Å². The topological polar surface area (TPSA) is 43.8 Å². The highest BCUT2D eigenvalue weighted by Gasteiger charge is 2.04. The van der Waals surface area contributed by atoms with Crippen LogP contribution in [0.5, 0.6) is 0 Å². The summed E-state index contributed by atoms with van der Waals surface area (Å²) in [5, 5.41) is 1.72. The van der Waals surface area contributed by atoms with Gasteiger partial charge < -0.3 is 5.73 Å². The average molecular weight is 225 g/mol. The molecule has 0 radical (unpaired) electrons. The van der Waals surface area contributed by atoms with Crippen LogP contribution in [0.2, 0.25) is 0 Å². The maximum atomic E-state index is 5.59. The highest BCUT2D eigenvalue weighted by Crippen LogP contribution is 2.04. The first kappa shape index (κ1) is 11.2. The maximum absolute atomic E-state index is 5.59. The van der Waals surface area contributed by atoms with Crippen LogP contribution in [-0.4, -0.2) is 9.55 Å². The van der Waals surface area contributed by atoms with E-state index in [4.69, 9.17) is 5.73 Å². The van der Waals surface area contributed by atoms with E-state index >= 15 is 0 Å². The summed E-state index contributed by atoms with van der Waals surface area (Å²) in [5.74, 6) is 0.904. The van der Waals surface area contributed by atoms with Crippen molar-refractivity contribution in [2.24, 2.45) is 5.73 Å². The van der Waals surface area contributed by atoms with Crippen LogP contribution >= 0.6 is 0 Å². The van der Waals surface area contributed by atoms with Crippen molar-refractivity contribution in [2.75, 3.05) is 0 Å². The van der Waals surface area contributed by atoms with Crippen molar-refractivity contribution in [3.05, 3.63) is 59.5 Å². The van der Waals surface area contributed by atoms with E-state index in [1.807, 2.05) is 43.3 Å². The van der Waals surface area contributed by atoms with Crippen molar-refractivity contribution in [2.45, 2.75) is 6.92 Å². The number of aryl methyl sites for hydroxylation is 1. The van der Waals surface area contributed by atoms with Crippen molar-refractivity contribution >= 4 is 12.3 Å². The Balaban J connectivity index is 2.83. The van der Waals surface area contributed by atoms with E-state index < -0.39 is 0 Å². The lowest BCUT2D eigenvalue weighted by Crippen LogP contribution is -2.30. The molecule has 2 N–H and O–H groups in total. The molecule has 1 aromatic heterocycles. The van der Waals surface area contributed by atoms with Gasteiger partial charge in [-0.2, -0.15) is 0 Å². The molecule has 0 atom stereocenters. The lowest BCUT2D eigenvalue weighted by molar-refractivity contribution is 0.950. The molecule has 2 aromatic rings. The zero-order valence-corrected chi connectivity index (χ0v) is 9.80. The van der Waals surface area contributed by atoms with Crippen molar-refractivity contribution in [3.63, 3.8) is 0 Å². The van der Waals surface area contributed by atoms with E-state index in [9.17, 15) is 0 Å².